The average molecular weight is 312 g/mol. The normalized spacial score (nSPS) is 10.7. The lowest BCUT2D eigenvalue weighted by Gasteiger charge is -2.08. The molecule has 0 atom stereocenters. The second-order valence-corrected chi connectivity index (χ2v) is 5.48. The molecular weight excluding hydrogens is 292 g/mol. The molecule has 3 rings (SSSR count). The predicted octanol–water partition coefficient (Wildman–Crippen LogP) is 5.99. The van der Waals surface area contributed by atoms with E-state index in [1.165, 1.54) is 22.3 Å². The van der Waals surface area contributed by atoms with Gasteiger partial charge in [0.15, 0.2) is 0 Å². The van der Waals surface area contributed by atoms with Gasteiger partial charge in [-0.2, -0.15) is 0 Å². The van der Waals surface area contributed by atoms with E-state index >= 15 is 0 Å². The van der Waals surface area contributed by atoms with Gasteiger partial charge in [0.05, 0.1) is 0 Å². The summed E-state index contributed by atoms with van der Waals surface area (Å²) in [5.74, 6) is 0.637. The summed E-state index contributed by atoms with van der Waals surface area (Å²) in [5.41, 5.74) is 5.83. The number of hydrogen-bond acceptors (Lipinski definition) is 2. The highest BCUT2D eigenvalue weighted by Gasteiger charge is 2.01. The molecule has 0 radical (unpaired) electrons. The number of rotatable bonds is 5. The molecule has 3 aromatic carbocycles. The highest BCUT2D eigenvalue weighted by atomic mass is 15.0. The molecule has 3 aromatic rings. The Morgan fingerprint density at radius 2 is 1.21 bits per heavy atom. The van der Waals surface area contributed by atoms with Crippen LogP contribution in [-0.4, -0.2) is 6.21 Å². The highest BCUT2D eigenvalue weighted by molar-refractivity contribution is 5.71. The molecule has 0 spiro atoms. The fourth-order valence-electron chi connectivity index (χ4n) is 2.59. The van der Waals surface area contributed by atoms with E-state index in [1.807, 2.05) is 25.1 Å². The predicted molar refractivity (Wildman–Crippen MR) is 104 cm³/mol. The first kappa shape index (κ1) is 15.8. The zero-order valence-electron chi connectivity index (χ0n) is 13.7. The largest absolute Gasteiger partial charge is 0.341 e. The van der Waals surface area contributed by atoms with Gasteiger partial charge in [0.2, 0.25) is 0 Å². The number of benzene rings is 3. The van der Waals surface area contributed by atoms with Crippen molar-refractivity contribution in [2.45, 2.75) is 6.92 Å². The van der Waals surface area contributed by atoms with Gasteiger partial charge in [-0.25, -0.2) is 4.99 Å². The van der Waals surface area contributed by atoms with E-state index in [4.69, 9.17) is 0 Å². The standard InChI is InChI=1S/C22H20N2/c1-3-23-17(2)24-22-15-13-21(14-16-22)20-11-9-19(10-12-20)18-7-5-4-6-8-18/h3-16,24H,2H2,1H3. The topological polar surface area (TPSA) is 24.4 Å². The molecule has 0 saturated heterocycles. The van der Waals surface area contributed by atoms with Crippen molar-refractivity contribution in [3.05, 3.63) is 91.3 Å². The number of nitrogens with zero attached hydrogens (tertiary/aromatic N) is 1. The molecule has 0 aliphatic carbocycles. The van der Waals surface area contributed by atoms with Crippen LogP contribution in [-0.2, 0) is 0 Å². The van der Waals surface area contributed by atoms with Crippen molar-refractivity contribution in [1.29, 1.82) is 0 Å². The Bertz CT molecular complexity index is 829. The van der Waals surface area contributed by atoms with Crippen molar-refractivity contribution in [2.24, 2.45) is 4.99 Å². The Labute approximate surface area is 143 Å². The fraction of sp³-hybridized carbons (Fsp3) is 0.0455. The van der Waals surface area contributed by atoms with Gasteiger partial charge in [0.25, 0.3) is 0 Å². The van der Waals surface area contributed by atoms with Crippen LogP contribution in [0, 0.1) is 0 Å². The second-order valence-electron chi connectivity index (χ2n) is 5.48. The lowest BCUT2D eigenvalue weighted by Crippen LogP contribution is -1.95. The molecular formula is C22H20N2. The molecule has 2 nitrogen and oxygen atoms in total. The second kappa shape index (κ2) is 7.42. The summed E-state index contributed by atoms with van der Waals surface area (Å²) in [7, 11) is 0. The summed E-state index contributed by atoms with van der Waals surface area (Å²) in [6, 6.07) is 27.3. The van der Waals surface area contributed by atoms with Crippen molar-refractivity contribution in [1.82, 2.24) is 0 Å². The smallest absolute Gasteiger partial charge is 0.122 e. The summed E-state index contributed by atoms with van der Waals surface area (Å²) in [5, 5.41) is 3.16. The average Bonchev–Trinajstić information content (AvgIpc) is 2.63. The molecule has 0 unspecified atom stereocenters. The summed E-state index contributed by atoms with van der Waals surface area (Å²) >= 11 is 0. The molecule has 24 heavy (non-hydrogen) atoms. The zero-order valence-corrected chi connectivity index (χ0v) is 13.7. The molecule has 1 N–H and O–H groups in total. The first-order valence-corrected chi connectivity index (χ1v) is 7.97. The summed E-state index contributed by atoms with van der Waals surface area (Å²) in [6.07, 6.45) is 1.72. The van der Waals surface area contributed by atoms with Gasteiger partial charge >= 0.3 is 0 Å². The van der Waals surface area contributed by atoms with Crippen molar-refractivity contribution >= 4 is 11.9 Å². The molecule has 0 aliphatic heterocycles. The van der Waals surface area contributed by atoms with Crippen LogP contribution in [0.4, 0.5) is 5.69 Å². The quantitative estimate of drug-likeness (QED) is 0.574. The molecule has 0 aliphatic rings. The third kappa shape index (κ3) is 3.79. The molecule has 2 heteroatoms. The maximum absolute atomic E-state index is 4.11. The van der Waals surface area contributed by atoms with Crippen molar-refractivity contribution in [3.8, 4) is 22.3 Å². The molecule has 0 bridgehead atoms. The highest BCUT2D eigenvalue weighted by Crippen LogP contribution is 2.26. The molecule has 118 valence electrons. The number of hydrogen-bond donors (Lipinski definition) is 1. The van der Waals surface area contributed by atoms with Crippen molar-refractivity contribution < 1.29 is 0 Å². The van der Waals surface area contributed by atoms with Crippen LogP contribution in [0.5, 0.6) is 0 Å². The van der Waals surface area contributed by atoms with Gasteiger partial charge in [0.1, 0.15) is 5.82 Å². The number of nitrogens with one attached hydrogen (secondary N) is 1. The van der Waals surface area contributed by atoms with Crippen LogP contribution in [0.15, 0.2) is 96.3 Å². The van der Waals surface area contributed by atoms with Gasteiger partial charge in [-0.15, -0.1) is 0 Å². The lowest BCUT2D eigenvalue weighted by molar-refractivity contribution is 1.33. The lowest BCUT2D eigenvalue weighted by atomic mass is 10.0. The minimum absolute atomic E-state index is 0.637. The van der Waals surface area contributed by atoms with Crippen LogP contribution in [0.2, 0.25) is 0 Å². The van der Waals surface area contributed by atoms with Gasteiger partial charge in [-0.1, -0.05) is 73.3 Å². The van der Waals surface area contributed by atoms with Gasteiger partial charge in [0, 0.05) is 11.9 Å². The van der Waals surface area contributed by atoms with E-state index in [-0.39, 0.29) is 0 Å². The minimum Gasteiger partial charge on any atom is -0.341 e. The number of aliphatic imine (C=N–C) groups is 1. The first-order valence-electron chi connectivity index (χ1n) is 7.97. The third-order valence-corrected chi connectivity index (χ3v) is 3.78. The van der Waals surface area contributed by atoms with E-state index in [2.05, 4.69) is 77.6 Å². The Balaban J connectivity index is 1.76. The maximum Gasteiger partial charge on any atom is 0.122 e. The molecule has 0 heterocycles. The molecule has 0 amide bonds. The van der Waals surface area contributed by atoms with Crippen LogP contribution >= 0.6 is 0 Å². The van der Waals surface area contributed by atoms with Crippen LogP contribution in [0.25, 0.3) is 22.3 Å². The van der Waals surface area contributed by atoms with Crippen molar-refractivity contribution in [2.75, 3.05) is 5.32 Å². The zero-order chi connectivity index (χ0) is 16.8. The fourth-order valence-corrected chi connectivity index (χ4v) is 2.59. The van der Waals surface area contributed by atoms with E-state index in [9.17, 15) is 0 Å². The Morgan fingerprint density at radius 1 is 0.750 bits per heavy atom. The number of anilines is 1. The third-order valence-electron chi connectivity index (χ3n) is 3.78. The van der Waals surface area contributed by atoms with E-state index in [1.54, 1.807) is 6.21 Å². The van der Waals surface area contributed by atoms with Gasteiger partial charge in [-0.05, 0) is 41.3 Å². The van der Waals surface area contributed by atoms with E-state index < -0.39 is 0 Å². The summed E-state index contributed by atoms with van der Waals surface area (Å²) < 4.78 is 0. The van der Waals surface area contributed by atoms with Gasteiger partial charge in [-0.3, -0.25) is 0 Å². The van der Waals surface area contributed by atoms with E-state index in [0.717, 1.165) is 5.69 Å². The van der Waals surface area contributed by atoms with Crippen LogP contribution < -0.4 is 5.32 Å². The molecule has 0 fully saturated rings. The Morgan fingerprint density at radius 3 is 1.71 bits per heavy atom. The first-order chi connectivity index (χ1) is 11.8. The SMILES string of the molecule is C=C(N=CC)Nc1ccc(-c2ccc(-c3ccccc3)cc2)cc1. The van der Waals surface area contributed by atoms with Crippen LogP contribution in [0.1, 0.15) is 6.92 Å². The monoisotopic (exact) mass is 312 g/mol. The minimum atomic E-state index is 0.637. The Hall–Kier alpha value is -3.13. The molecule has 0 aromatic heterocycles. The Kier molecular flexibility index (Phi) is 4.87. The van der Waals surface area contributed by atoms with Crippen molar-refractivity contribution in [3.63, 3.8) is 0 Å². The maximum atomic E-state index is 4.11. The van der Waals surface area contributed by atoms with Gasteiger partial charge < -0.3 is 5.32 Å². The van der Waals surface area contributed by atoms with E-state index in [0.29, 0.717) is 5.82 Å². The van der Waals surface area contributed by atoms with Crippen LogP contribution in [0.3, 0.4) is 0 Å². The summed E-state index contributed by atoms with van der Waals surface area (Å²) in [6.45, 7) is 5.72. The summed E-state index contributed by atoms with van der Waals surface area (Å²) in [4.78, 5) is 4.11. The molecule has 0 saturated carbocycles.